The van der Waals surface area contributed by atoms with Gasteiger partial charge in [0.25, 0.3) is 5.91 Å². The number of carbonyl (C=O) groups is 1. The van der Waals surface area contributed by atoms with Crippen molar-refractivity contribution in [2.75, 3.05) is 26.1 Å². The second-order valence-corrected chi connectivity index (χ2v) is 8.81. The van der Waals surface area contributed by atoms with E-state index < -0.39 is 0 Å². The minimum atomic E-state index is -0.241. The van der Waals surface area contributed by atoms with Crippen molar-refractivity contribution in [1.29, 1.82) is 0 Å². The predicted octanol–water partition coefficient (Wildman–Crippen LogP) is 5.10. The van der Waals surface area contributed by atoms with Crippen molar-refractivity contribution >= 4 is 22.8 Å². The first-order valence-corrected chi connectivity index (χ1v) is 11.8. The summed E-state index contributed by atoms with van der Waals surface area (Å²) in [6.45, 7) is 5.57. The van der Waals surface area contributed by atoms with Gasteiger partial charge in [0.15, 0.2) is 11.5 Å². The van der Waals surface area contributed by atoms with Gasteiger partial charge in [0.2, 0.25) is 0 Å². The van der Waals surface area contributed by atoms with Crippen molar-refractivity contribution in [3.05, 3.63) is 59.3 Å². The van der Waals surface area contributed by atoms with E-state index in [0.717, 1.165) is 53.1 Å². The molecule has 0 spiro atoms. The highest BCUT2D eigenvalue weighted by Gasteiger charge is 2.26. The molecule has 3 heterocycles. The lowest BCUT2D eigenvalue weighted by Crippen LogP contribution is -2.21. The number of para-hydroxylation sites is 2. The third-order valence-electron chi connectivity index (χ3n) is 6.74. The van der Waals surface area contributed by atoms with Gasteiger partial charge in [-0.15, -0.1) is 0 Å². The average molecular weight is 475 g/mol. The number of H-pyrrole nitrogens is 1. The molecule has 1 aliphatic rings. The van der Waals surface area contributed by atoms with E-state index in [9.17, 15) is 4.79 Å². The standard InChI is InChI=1S/C27H30N4O4/c1-16-17(2)31(15-19-8-7-13-35-19)26(24(16)25-28-20-9-5-6-10-21(20)29-25)30-27(32)18-11-12-22(33-3)23(14-18)34-4/h5-6,9-12,14,19H,7-8,13,15H2,1-4H3,(H,28,29)(H,30,32)/t19-/m1/s1. The molecule has 1 saturated heterocycles. The van der Waals surface area contributed by atoms with Gasteiger partial charge in [-0.3, -0.25) is 4.79 Å². The van der Waals surface area contributed by atoms with E-state index in [4.69, 9.17) is 19.2 Å². The Bertz CT molecular complexity index is 1350. The number of anilines is 1. The molecule has 2 aromatic heterocycles. The number of aromatic amines is 1. The lowest BCUT2D eigenvalue weighted by atomic mass is 10.1. The van der Waals surface area contributed by atoms with E-state index in [1.165, 1.54) is 0 Å². The Morgan fingerprint density at radius 3 is 2.69 bits per heavy atom. The van der Waals surface area contributed by atoms with Gasteiger partial charge in [-0.1, -0.05) is 12.1 Å². The van der Waals surface area contributed by atoms with Gasteiger partial charge >= 0.3 is 0 Å². The van der Waals surface area contributed by atoms with Crippen LogP contribution < -0.4 is 14.8 Å². The van der Waals surface area contributed by atoms with Gasteiger partial charge in [-0.25, -0.2) is 4.98 Å². The van der Waals surface area contributed by atoms with E-state index in [2.05, 4.69) is 28.7 Å². The molecule has 1 fully saturated rings. The minimum absolute atomic E-state index is 0.112. The molecule has 8 heteroatoms. The Balaban J connectivity index is 1.59. The molecule has 35 heavy (non-hydrogen) atoms. The van der Waals surface area contributed by atoms with Crippen LogP contribution in [0.15, 0.2) is 42.5 Å². The number of ether oxygens (including phenoxy) is 3. The number of rotatable bonds is 7. The van der Waals surface area contributed by atoms with Crippen LogP contribution in [0.25, 0.3) is 22.4 Å². The molecule has 0 saturated carbocycles. The third kappa shape index (κ3) is 4.25. The number of hydrogen-bond acceptors (Lipinski definition) is 5. The Morgan fingerprint density at radius 1 is 1.17 bits per heavy atom. The Kier molecular flexibility index (Phi) is 6.21. The summed E-state index contributed by atoms with van der Waals surface area (Å²) < 4.78 is 18.8. The van der Waals surface area contributed by atoms with Gasteiger partial charge < -0.3 is 29.1 Å². The average Bonchev–Trinajstić information content (AvgIpc) is 3.59. The highest BCUT2D eigenvalue weighted by Crippen LogP contribution is 2.37. The first-order valence-electron chi connectivity index (χ1n) is 11.8. The molecule has 0 bridgehead atoms. The lowest BCUT2D eigenvalue weighted by molar-refractivity contribution is 0.0962. The first kappa shape index (κ1) is 23.0. The molecule has 0 radical (unpaired) electrons. The molecular formula is C27H30N4O4. The number of imidazole rings is 1. The molecule has 2 aromatic carbocycles. The molecular weight excluding hydrogens is 444 g/mol. The maximum absolute atomic E-state index is 13.5. The second kappa shape index (κ2) is 9.46. The zero-order chi connectivity index (χ0) is 24.5. The summed E-state index contributed by atoms with van der Waals surface area (Å²) in [5, 5.41) is 3.17. The van der Waals surface area contributed by atoms with Crippen LogP contribution in [0, 0.1) is 13.8 Å². The molecule has 1 atom stereocenters. The van der Waals surface area contributed by atoms with Crippen molar-refractivity contribution in [2.45, 2.75) is 39.3 Å². The number of aromatic nitrogens is 3. The Labute approximate surface area is 204 Å². The summed E-state index contributed by atoms with van der Waals surface area (Å²) in [6, 6.07) is 13.1. The zero-order valence-corrected chi connectivity index (χ0v) is 20.5. The maximum atomic E-state index is 13.5. The van der Waals surface area contributed by atoms with Crippen LogP contribution in [0.3, 0.4) is 0 Å². The third-order valence-corrected chi connectivity index (χ3v) is 6.74. The van der Waals surface area contributed by atoms with Crippen LogP contribution in [0.2, 0.25) is 0 Å². The highest BCUT2D eigenvalue weighted by atomic mass is 16.5. The van der Waals surface area contributed by atoms with Crippen LogP contribution in [-0.4, -0.2) is 47.4 Å². The molecule has 1 aliphatic heterocycles. The van der Waals surface area contributed by atoms with E-state index >= 15 is 0 Å². The number of benzene rings is 2. The summed E-state index contributed by atoms with van der Waals surface area (Å²) >= 11 is 0. The molecule has 5 rings (SSSR count). The van der Waals surface area contributed by atoms with Crippen molar-refractivity contribution in [3.63, 3.8) is 0 Å². The molecule has 0 unspecified atom stereocenters. The largest absolute Gasteiger partial charge is 0.493 e. The molecule has 182 valence electrons. The number of fused-ring (bicyclic) bond motifs is 1. The van der Waals surface area contributed by atoms with Crippen LogP contribution in [0.1, 0.15) is 34.5 Å². The number of amides is 1. The molecule has 1 amide bonds. The van der Waals surface area contributed by atoms with Crippen LogP contribution in [0.5, 0.6) is 11.5 Å². The number of nitrogens with zero attached hydrogens (tertiary/aromatic N) is 2. The van der Waals surface area contributed by atoms with Crippen molar-refractivity contribution in [3.8, 4) is 22.9 Å². The maximum Gasteiger partial charge on any atom is 0.256 e. The number of hydrogen-bond donors (Lipinski definition) is 2. The van der Waals surface area contributed by atoms with Gasteiger partial charge in [0, 0.05) is 17.9 Å². The monoisotopic (exact) mass is 474 g/mol. The SMILES string of the molecule is COc1ccc(C(=O)Nc2c(-c3nc4ccccc4[nH]3)c(C)c(C)n2C[C@H]2CCCO2)cc1OC. The van der Waals surface area contributed by atoms with Crippen LogP contribution in [0.4, 0.5) is 5.82 Å². The van der Waals surface area contributed by atoms with E-state index in [-0.39, 0.29) is 12.0 Å². The topological polar surface area (TPSA) is 90.4 Å². The minimum Gasteiger partial charge on any atom is -0.493 e. The van der Waals surface area contributed by atoms with Gasteiger partial charge in [-0.05, 0) is 62.6 Å². The van der Waals surface area contributed by atoms with E-state index in [1.807, 2.05) is 24.3 Å². The number of nitrogens with one attached hydrogen (secondary N) is 2. The van der Waals surface area contributed by atoms with Crippen LogP contribution >= 0.6 is 0 Å². The van der Waals surface area contributed by atoms with Gasteiger partial charge in [0.05, 0.1) is 43.5 Å². The summed E-state index contributed by atoms with van der Waals surface area (Å²) in [7, 11) is 3.12. The Morgan fingerprint density at radius 2 is 1.97 bits per heavy atom. The fourth-order valence-corrected chi connectivity index (χ4v) is 4.73. The second-order valence-electron chi connectivity index (χ2n) is 8.81. The fourth-order valence-electron chi connectivity index (χ4n) is 4.73. The highest BCUT2D eigenvalue weighted by molar-refractivity contribution is 6.06. The van der Waals surface area contributed by atoms with Crippen LogP contribution in [-0.2, 0) is 11.3 Å². The molecule has 0 aliphatic carbocycles. The molecule has 2 N–H and O–H groups in total. The molecule has 8 nitrogen and oxygen atoms in total. The van der Waals surface area contributed by atoms with Crippen molar-refractivity contribution < 1.29 is 19.0 Å². The van der Waals surface area contributed by atoms with Crippen molar-refractivity contribution in [2.24, 2.45) is 0 Å². The van der Waals surface area contributed by atoms with Gasteiger partial charge in [-0.2, -0.15) is 0 Å². The fraction of sp³-hybridized carbons (Fsp3) is 0.333. The number of carbonyl (C=O) groups excluding carboxylic acids is 1. The number of methoxy groups -OCH3 is 2. The molecule has 4 aromatic rings. The first-order chi connectivity index (χ1) is 17.0. The van der Waals surface area contributed by atoms with E-state index in [0.29, 0.717) is 29.4 Å². The smallest absolute Gasteiger partial charge is 0.256 e. The quantitative estimate of drug-likeness (QED) is 0.389. The normalized spacial score (nSPS) is 15.5. The predicted molar refractivity (Wildman–Crippen MR) is 135 cm³/mol. The summed E-state index contributed by atoms with van der Waals surface area (Å²) in [5.74, 6) is 2.25. The van der Waals surface area contributed by atoms with Crippen molar-refractivity contribution in [1.82, 2.24) is 14.5 Å². The summed E-state index contributed by atoms with van der Waals surface area (Å²) in [4.78, 5) is 21.7. The Hall–Kier alpha value is -3.78. The van der Waals surface area contributed by atoms with Gasteiger partial charge in [0.1, 0.15) is 11.6 Å². The zero-order valence-electron chi connectivity index (χ0n) is 20.5. The lowest BCUT2D eigenvalue weighted by Gasteiger charge is -2.17. The summed E-state index contributed by atoms with van der Waals surface area (Å²) in [5.41, 5.74) is 5.30. The van der Waals surface area contributed by atoms with E-state index in [1.54, 1.807) is 32.4 Å². The summed E-state index contributed by atoms with van der Waals surface area (Å²) in [6.07, 6.45) is 2.16.